The Kier molecular flexibility index (Phi) is 9.97. The number of nitrogens with zero attached hydrogens (tertiary/aromatic N) is 3. The van der Waals surface area contributed by atoms with Crippen molar-refractivity contribution >= 4 is 40.7 Å². The van der Waals surface area contributed by atoms with Gasteiger partial charge in [0.05, 0.1) is 22.8 Å². The van der Waals surface area contributed by atoms with Gasteiger partial charge in [0.25, 0.3) is 5.91 Å². The Hall–Kier alpha value is -3.86. The third-order valence-corrected chi connectivity index (χ3v) is 7.02. The first-order valence-corrected chi connectivity index (χ1v) is 13.7. The van der Waals surface area contributed by atoms with Crippen LogP contribution >= 0.6 is 0 Å². The van der Waals surface area contributed by atoms with E-state index in [2.05, 4.69) is 39.0 Å². The lowest BCUT2D eigenvalue weighted by molar-refractivity contribution is -0.148. The van der Waals surface area contributed by atoms with Crippen LogP contribution in [-0.2, 0) is 25.6 Å². The number of aryl methyl sites for hydroxylation is 1. The van der Waals surface area contributed by atoms with E-state index in [0.717, 1.165) is 22.9 Å². The molecule has 3 unspecified atom stereocenters. The van der Waals surface area contributed by atoms with Gasteiger partial charge in [-0.25, -0.2) is 5.43 Å². The third kappa shape index (κ3) is 7.62. The number of hydrogen-bond acceptors (Lipinski definition) is 7. The highest BCUT2D eigenvalue weighted by molar-refractivity contribution is 5.94. The van der Waals surface area contributed by atoms with Gasteiger partial charge in [-0.3, -0.25) is 34.2 Å². The molecule has 1 aliphatic rings. The quantitative estimate of drug-likeness (QED) is 0.351. The molecule has 0 saturated carbocycles. The van der Waals surface area contributed by atoms with Crippen LogP contribution in [0.5, 0.6) is 0 Å². The van der Waals surface area contributed by atoms with E-state index in [1.807, 2.05) is 12.3 Å². The Bertz CT molecular complexity index is 1290. The number of amides is 3. The first kappa shape index (κ1) is 30.7. The Labute approximate surface area is 234 Å². The van der Waals surface area contributed by atoms with Crippen LogP contribution in [0, 0.1) is 11.3 Å². The van der Waals surface area contributed by atoms with Gasteiger partial charge in [0.2, 0.25) is 11.8 Å². The Morgan fingerprint density at radius 2 is 1.88 bits per heavy atom. The molecule has 3 heterocycles. The number of nitrogens with one attached hydrogen (secondary N) is 3. The normalized spacial score (nSPS) is 17.6. The molecule has 2 aromatic rings. The Balaban J connectivity index is 1.65. The SMILES string of the molecule is CCc1cnc2cnc(/C=C/C(C)(C)C(=O)NC(C(=O)NC(C)C(=O)N3CCCC(C(=O)O)N3)C(C)C)cc2c1. The standard InChI is InChI=1S/C29H40N6O5/c1-7-19-13-20-14-21(30-16-23(20)31-15-19)10-11-29(5,6)28(40)33-24(17(2)3)25(36)32-18(4)26(37)35-12-8-9-22(34-35)27(38)39/h10-11,13-18,22,24,34H,7-9,12H2,1-6H3,(H,32,36)(H,33,40)(H,38,39)/b11-10+. The number of carboxylic acids is 1. The average molecular weight is 553 g/mol. The molecule has 1 fully saturated rings. The smallest absolute Gasteiger partial charge is 0.322 e. The third-order valence-electron chi connectivity index (χ3n) is 7.02. The highest BCUT2D eigenvalue weighted by Crippen LogP contribution is 2.22. The van der Waals surface area contributed by atoms with Crippen molar-refractivity contribution in [2.45, 2.75) is 78.9 Å². The van der Waals surface area contributed by atoms with Gasteiger partial charge >= 0.3 is 5.97 Å². The highest BCUT2D eigenvalue weighted by atomic mass is 16.4. The van der Waals surface area contributed by atoms with E-state index in [-0.39, 0.29) is 11.8 Å². The highest BCUT2D eigenvalue weighted by Gasteiger charge is 2.34. The minimum absolute atomic E-state index is 0.252. The predicted molar refractivity (Wildman–Crippen MR) is 152 cm³/mol. The topological polar surface area (TPSA) is 154 Å². The van der Waals surface area contributed by atoms with Gasteiger partial charge in [-0.05, 0) is 69.7 Å². The van der Waals surface area contributed by atoms with Crippen molar-refractivity contribution in [1.29, 1.82) is 0 Å². The lowest BCUT2D eigenvalue weighted by atomic mass is 9.90. The summed E-state index contributed by atoms with van der Waals surface area (Å²) >= 11 is 0. The molecular formula is C29H40N6O5. The molecule has 0 spiro atoms. The fraction of sp³-hybridized carbons (Fsp3) is 0.517. The zero-order chi connectivity index (χ0) is 29.6. The summed E-state index contributed by atoms with van der Waals surface area (Å²) in [6.07, 6.45) is 8.89. The van der Waals surface area contributed by atoms with Crippen molar-refractivity contribution in [3.8, 4) is 0 Å². The molecule has 4 N–H and O–H groups in total. The largest absolute Gasteiger partial charge is 0.480 e. The van der Waals surface area contributed by atoms with Gasteiger partial charge < -0.3 is 15.7 Å². The molecule has 0 radical (unpaired) electrons. The molecule has 216 valence electrons. The van der Waals surface area contributed by atoms with E-state index in [1.54, 1.807) is 46.0 Å². The van der Waals surface area contributed by atoms with Crippen molar-refractivity contribution in [2.24, 2.45) is 11.3 Å². The second-order valence-corrected chi connectivity index (χ2v) is 11.1. The second kappa shape index (κ2) is 13.0. The molecule has 3 atom stereocenters. The summed E-state index contributed by atoms with van der Waals surface area (Å²) in [5.74, 6) is -2.58. The fourth-order valence-electron chi connectivity index (χ4n) is 4.33. The molecule has 0 bridgehead atoms. The molecule has 0 aromatic carbocycles. The van der Waals surface area contributed by atoms with Crippen molar-refractivity contribution in [2.75, 3.05) is 6.54 Å². The van der Waals surface area contributed by atoms with Gasteiger partial charge in [-0.2, -0.15) is 0 Å². The van der Waals surface area contributed by atoms with Crippen molar-refractivity contribution < 1.29 is 24.3 Å². The van der Waals surface area contributed by atoms with Gasteiger partial charge in [0.1, 0.15) is 18.1 Å². The molecule has 2 aromatic heterocycles. The van der Waals surface area contributed by atoms with Crippen molar-refractivity contribution in [3.63, 3.8) is 0 Å². The van der Waals surface area contributed by atoms with Crippen LogP contribution in [-0.4, -0.2) is 68.4 Å². The van der Waals surface area contributed by atoms with Gasteiger partial charge in [0.15, 0.2) is 0 Å². The molecule has 0 aliphatic carbocycles. The lowest BCUT2D eigenvalue weighted by Crippen LogP contribution is -2.61. The minimum Gasteiger partial charge on any atom is -0.480 e. The summed E-state index contributed by atoms with van der Waals surface area (Å²) in [5, 5.41) is 17.0. The summed E-state index contributed by atoms with van der Waals surface area (Å²) < 4.78 is 0. The van der Waals surface area contributed by atoms with E-state index in [0.29, 0.717) is 25.1 Å². The number of fused-ring (bicyclic) bond motifs is 1. The number of hydrogen-bond donors (Lipinski definition) is 4. The summed E-state index contributed by atoms with van der Waals surface area (Å²) in [4.78, 5) is 59.4. The summed E-state index contributed by atoms with van der Waals surface area (Å²) in [6, 6.07) is 1.34. The van der Waals surface area contributed by atoms with Crippen LogP contribution in [0.1, 0.15) is 65.6 Å². The number of carbonyl (C=O) groups excluding carboxylic acids is 3. The number of aliphatic carboxylic acids is 1. The first-order chi connectivity index (χ1) is 18.8. The van der Waals surface area contributed by atoms with Crippen LogP contribution in [0.4, 0.5) is 0 Å². The number of pyridine rings is 2. The maximum Gasteiger partial charge on any atom is 0.322 e. The zero-order valence-corrected chi connectivity index (χ0v) is 24.0. The number of aromatic nitrogens is 2. The maximum atomic E-state index is 13.3. The summed E-state index contributed by atoms with van der Waals surface area (Å²) in [7, 11) is 0. The molecule has 1 aliphatic heterocycles. The van der Waals surface area contributed by atoms with Crippen LogP contribution < -0.4 is 16.1 Å². The van der Waals surface area contributed by atoms with E-state index in [1.165, 1.54) is 11.9 Å². The number of carboxylic acid groups (broad SMARTS) is 1. The molecule has 40 heavy (non-hydrogen) atoms. The predicted octanol–water partition coefficient (Wildman–Crippen LogP) is 2.46. The molecule has 1 saturated heterocycles. The molecule has 11 nitrogen and oxygen atoms in total. The zero-order valence-electron chi connectivity index (χ0n) is 24.0. The van der Waals surface area contributed by atoms with Crippen LogP contribution in [0.3, 0.4) is 0 Å². The van der Waals surface area contributed by atoms with E-state index in [9.17, 15) is 24.3 Å². The van der Waals surface area contributed by atoms with E-state index < -0.39 is 41.3 Å². The summed E-state index contributed by atoms with van der Waals surface area (Å²) in [6.45, 7) is 11.1. The van der Waals surface area contributed by atoms with Crippen molar-refractivity contribution in [1.82, 2.24) is 31.0 Å². The van der Waals surface area contributed by atoms with Crippen LogP contribution in [0.25, 0.3) is 17.0 Å². The average Bonchev–Trinajstić information content (AvgIpc) is 2.93. The number of hydrazine groups is 1. The maximum absolute atomic E-state index is 13.3. The minimum atomic E-state index is -1.03. The lowest BCUT2D eigenvalue weighted by Gasteiger charge is -2.34. The molecule has 3 rings (SSSR count). The van der Waals surface area contributed by atoms with E-state index in [4.69, 9.17) is 0 Å². The number of rotatable bonds is 10. The van der Waals surface area contributed by atoms with Crippen molar-refractivity contribution in [3.05, 3.63) is 41.9 Å². The Morgan fingerprint density at radius 3 is 2.52 bits per heavy atom. The second-order valence-electron chi connectivity index (χ2n) is 11.1. The first-order valence-electron chi connectivity index (χ1n) is 13.7. The molecular weight excluding hydrogens is 512 g/mol. The summed E-state index contributed by atoms with van der Waals surface area (Å²) in [5.41, 5.74) is 4.34. The van der Waals surface area contributed by atoms with Crippen LogP contribution in [0.2, 0.25) is 0 Å². The monoisotopic (exact) mass is 552 g/mol. The fourth-order valence-corrected chi connectivity index (χ4v) is 4.33. The van der Waals surface area contributed by atoms with Gasteiger partial charge in [0, 0.05) is 18.1 Å². The van der Waals surface area contributed by atoms with E-state index >= 15 is 0 Å². The molecule has 3 amide bonds. The van der Waals surface area contributed by atoms with Gasteiger partial charge in [-0.15, -0.1) is 0 Å². The van der Waals surface area contributed by atoms with Gasteiger partial charge in [-0.1, -0.05) is 26.8 Å². The van der Waals surface area contributed by atoms with Crippen LogP contribution in [0.15, 0.2) is 30.6 Å². The molecule has 11 heteroatoms. The Morgan fingerprint density at radius 1 is 1.15 bits per heavy atom. The number of carbonyl (C=O) groups is 4.